The highest BCUT2D eigenvalue weighted by Crippen LogP contribution is 2.42. The number of carbonyl (C=O) groups excluding carboxylic acids is 1. The molecular formula is C20H18F3NO3. The van der Waals surface area contributed by atoms with Crippen molar-refractivity contribution in [1.29, 1.82) is 0 Å². The van der Waals surface area contributed by atoms with Crippen LogP contribution in [0.5, 0.6) is 11.5 Å². The maximum Gasteiger partial charge on any atom is 0.416 e. The van der Waals surface area contributed by atoms with Crippen LogP contribution in [0.2, 0.25) is 0 Å². The molecule has 1 amide bonds. The summed E-state index contributed by atoms with van der Waals surface area (Å²) in [6.07, 6.45) is -3.09. The van der Waals surface area contributed by atoms with E-state index in [1.165, 1.54) is 11.0 Å². The molecule has 2 aromatic carbocycles. The van der Waals surface area contributed by atoms with Crippen molar-refractivity contribution in [3.05, 3.63) is 53.1 Å². The fourth-order valence-electron chi connectivity index (χ4n) is 3.77. The number of ether oxygens (including phenoxy) is 2. The summed E-state index contributed by atoms with van der Waals surface area (Å²) in [6, 6.07) is 8.89. The van der Waals surface area contributed by atoms with Gasteiger partial charge < -0.3 is 14.4 Å². The minimum Gasteiger partial charge on any atom is -0.497 e. The molecule has 0 saturated heterocycles. The number of rotatable bonds is 2. The smallest absolute Gasteiger partial charge is 0.416 e. The van der Waals surface area contributed by atoms with Crippen molar-refractivity contribution in [3.8, 4) is 11.5 Å². The van der Waals surface area contributed by atoms with Crippen LogP contribution in [0.3, 0.4) is 0 Å². The second-order valence-electron chi connectivity index (χ2n) is 6.67. The lowest BCUT2D eigenvalue weighted by Crippen LogP contribution is -2.40. The lowest BCUT2D eigenvalue weighted by molar-refractivity contribution is -0.137. The predicted molar refractivity (Wildman–Crippen MR) is 93.3 cm³/mol. The van der Waals surface area contributed by atoms with Crippen molar-refractivity contribution >= 4 is 11.6 Å². The van der Waals surface area contributed by atoms with Crippen LogP contribution in [-0.4, -0.2) is 26.2 Å². The number of methoxy groups -OCH3 is 1. The van der Waals surface area contributed by atoms with Crippen LogP contribution in [0.4, 0.5) is 18.9 Å². The van der Waals surface area contributed by atoms with Gasteiger partial charge in [0.25, 0.3) is 0 Å². The highest BCUT2D eigenvalue weighted by atomic mass is 19.4. The lowest BCUT2D eigenvalue weighted by atomic mass is 9.98. The van der Waals surface area contributed by atoms with Crippen molar-refractivity contribution < 1.29 is 27.4 Å². The minimum atomic E-state index is -4.48. The molecule has 0 aromatic heterocycles. The third-order valence-corrected chi connectivity index (χ3v) is 5.14. The van der Waals surface area contributed by atoms with Gasteiger partial charge in [-0.1, -0.05) is 6.07 Å². The molecule has 2 aliphatic rings. The molecule has 1 atom stereocenters. The number of carbonyl (C=O) groups is 1. The molecule has 0 fully saturated rings. The number of fused-ring (bicyclic) bond motifs is 2. The molecule has 0 N–H and O–H groups in total. The average Bonchev–Trinajstić information content (AvgIpc) is 3.08. The van der Waals surface area contributed by atoms with Crippen LogP contribution >= 0.6 is 0 Å². The highest BCUT2D eigenvalue weighted by molar-refractivity contribution is 6.00. The van der Waals surface area contributed by atoms with Gasteiger partial charge in [0.05, 0.1) is 30.8 Å². The number of benzene rings is 2. The van der Waals surface area contributed by atoms with E-state index in [4.69, 9.17) is 9.47 Å². The molecule has 27 heavy (non-hydrogen) atoms. The molecule has 7 heteroatoms. The van der Waals surface area contributed by atoms with Crippen molar-refractivity contribution in [1.82, 2.24) is 0 Å². The Hall–Kier alpha value is -2.70. The Balaban J connectivity index is 1.70. The highest BCUT2D eigenvalue weighted by Gasteiger charge is 2.37. The number of nitrogens with zero attached hydrogens (tertiary/aromatic N) is 1. The predicted octanol–water partition coefficient (Wildman–Crippen LogP) is 4.17. The van der Waals surface area contributed by atoms with Gasteiger partial charge in [0.2, 0.25) is 5.91 Å². The molecule has 1 unspecified atom stereocenters. The Labute approximate surface area is 154 Å². The quantitative estimate of drug-likeness (QED) is 0.789. The molecule has 1 aliphatic heterocycles. The van der Waals surface area contributed by atoms with Gasteiger partial charge in [-0.05, 0) is 54.3 Å². The molecule has 4 rings (SSSR count). The van der Waals surface area contributed by atoms with Crippen LogP contribution in [-0.2, 0) is 17.4 Å². The molecule has 1 heterocycles. The SMILES string of the molecule is COc1ccc2c(c1)C(C(=O)N1CCOc3ccc(C(F)(F)F)cc31)CC2. The van der Waals surface area contributed by atoms with Crippen molar-refractivity contribution in [3.63, 3.8) is 0 Å². The molecule has 0 saturated carbocycles. The third kappa shape index (κ3) is 3.11. The maximum atomic E-state index is 13.2. The molecule has 2 aromatic rings. The first-order valence-corrected chi connectivity index (χ1v) is 8.70. The number of amides is 1. The lowest BCUT2D eigenvalue weighted by Gasteiger charge is -2.32. The van der Waals surface area contributed by atoms with Gasteiger partial charge in [0.15, 0.2) is 0 Å². The number of aryl methyl sites for hydroxylation is 1. The summed E-state index contributed by atoms with van der Waals surface area (Å²) >= 11 is 0. The van der Waals surface area contributed by atoms with E-state index in [0.717, 1.165) is 29.7 Å². The average molecular weight is 377 g/mol. The van der Waals surface area contributed by atoms with E-state index in [9.17, 15) is 18.0 Å². The zero-order valence-electron chi connectivity index (χ0n) is 14.7. The molecule has 1 aliphatic carbocycles. The van der Waals surface area contributed by atoms with E-state index < -0.39 is 17.7 Å². The molecular weight excluding hydrogens is 359 g/mol. The maximum absolute atomic E-state index is 13.2. The minimum absolute atomic E-state index is 0.178. The van der Waals surface area contributed by atoms with Crippen LogP contribution in [0.15, 0.2) is 36.4 Å². The molecule has 0 radical (unpaired) electrons. The summed E-state index contributed by atoms with van der Waals surface area (Å²) < 4.78 is 50.0. The first-order valence-electron chi connectivity index (χ1n) is 8.70. The van der Waals surface area contributed by atoms with E-state index >= 15 is 0 Å². The van der Waals surface area contributed by atoms with Gasteiger partial charge in [-0.2, -0.15) is 13.2 Å². The number of hydrogen-bond donors (Lipinski definition) is 0. The fourth-order valence-corrected chi connectivity index (χ4v) is 3.77. The first kappa shape index (κ1) is 17.7. The Morgan fingerprint density at radius 1 is 1.22 bits per heavy atom. The zero-order valence-corrected chi connectivity index (χ0v) is 14.7. The molecule has 142 valence electrons. The Bertz CT molecular complexity index is 895. The Morgan fingerprint density at radius 3 is 2.78 bits per heavy atom. The summed E-state index contributed by atoms with van der Waals surface area (Å²) in [5.41, 5.74) is 1.35. The monoisotopic (exact) mass is 377 g/mol. The molecule has 4 nitrogen and oxygen atoms in total. The molecule has 0 bridgehead atoms. The van der Waals surface area contributed by atoms with Crippen molar-refractivity contribution in [2.45, 2.75) is 24.9 Å². The summed E-state index contributed by atoms with van der Waals surface area (Å²) in [6.45, 7) is 0.477. The van der Waals surface area contributed by atoms with Crippen molar-refractivity contribution in [2.24, 2.45) is 0 Å². The van der Waals surface area contributed by atoms with Crippen LogP contribution in [0, 0.1) is 0 Å². The largest absolute Gasteiger partial charge is 0.497 e. The molecule has 0 spiro atoms. The van der Waals surface area contributed by atoms with Gasteiger partial charge in [-0.25, -0.2) is 0 Å². The van der Waals surface area contributed by atoms with Gasteiger partial charge in [0.1, 0.15) is 18.1 Å². The van der Waals surface area contributed by atoms with Crippen LogP contribution < -0.4 is 14.4 Å². The summed E-state index contributed by atoms with van der Waals surface area (Å²) in [5, 5.41) is 0. The normalized spacial score (nSPS) is 18.5. The first-order chi connectivity index (χ1) is 12.9. The van der Waals surface area contributed by atoms with Gasteiger partial charge in [-0.3, -0.25) is 4.79 Å². The van der Waals surface area contributed by atoms with Crippen LogP contribution in [0.1, 0.15) is 29.0 Å². The standard InChI is InChI=1S/C20H18F3NO3/c1-26-14-5-2-12-3-6-15(16(12)11-14)19(25)24-8-9-27-18-7-4-13(10-17(18)24)20(21,22)23/h2,4-5,7,10-11,15H,3,6,8-9H2,1H3. The number of halogens is 3. The van der Waals surface area contributed by atoms with Gasteiger partial charge in [-0.15, -0.1) is 0 Å². The topological polar surface area (TPSA) is 38.8 Å². The summed E-state index contributed by atoms with van der Waals surface area (Å²) in [7, 11) is 1.56. The zero-order chi connectivity index (χ0) is 19.2. The fraction of sp³-hybridized carbons (Fsp3) is 0.350. The Kier molecular flexibility index (Phi) is 4.25. The van der Waals surface area contributed by atoms with E-state index in [1.807, 2.05) is 18.2 Å². The number of anilines is 1. The third-order valence-electron chi connectivity index (χ3n) is 5.14. The second-order valence-corrected chi connectivity index (χ2v) is 6.67. The Morgan fingerprint density at radius 2 is 2.04 bits per heavy atom. The van der Waals surface area contributed by atoms with E-state index in [-0.39, 0.29) is 24.7 Å². The van der Waals surface area contributed by atoms with Gasteiger partial charge in [0, 0.05) is 0 Å². The number of hydrogen-bond acceptors (Lipinski definition) is 3. The van der Waals surface area contributed by atoms with E-state index in [1.54, 1.807) is 7.11 Å². The second kappa shape index (κ2) is 6.48. The number of alkyl halides is 3. The summed E-state index contributed by atoms with van der Waals surface area (Å²) in [5.74, 6) is 0.364. The van der Waals surface area contributed by atoms with Crippen LogP contribution in [0.25, 0.3) is 0 Å². The van der Waals surface area contributed by atoms with E-state index in [2.05, 4.69) is 0 Å². The van der Waals surface area contributed by atoms with Gasteiger partial charge >= 0.3 is 6.18 Å². The van der Waals surface area contributed by atoms with Crippen molar-refractivity contribution in [2.75, 3.05) is 25.2 Å². The van der Waals surface area contributed by atoms with E-state index in [0.29, 0.717) is 17.9 Å². The summed E-state index contributed by atoms with van der Waals surface area (Å²) in [4.78, 5) is 14.7.